The molecular formula is C26H35NO5Si. The van der Waals surface area contributed by atoms with E-state index in [2.05, 4.69) is 51.0 Å². The fraction of sp³-hybridized carbons (Fsp3) is 0.423. The number of carbonyl (C=O) groups is 1. The number of benzene rings is 2. The van der Waals surface area contributed by atoms with E-state index < -0.39 is 14.4 Å². The van der Waals surface area contributed by atoms with E-state index in [9.17, 15) is 4.79 Å². The Bertz CT molecular complexity index is 1020. The average molecular weight is 470 g/mol. The molecule has 1 amide bonds. The lowest BCUT2D eigenvalue weighted by Gasteiger charge is -2.36. The van der Waals surface area contributed by atoms with Crippen LogP contribution in [0.2, 0.25) is 18.1 Å². The van der Waals surface area contributed by atoms with Gasteiger partial charge in [0, 0.05) is 12.5 Å². The Morgan fingerprint density at radius 1 is 1.00 bits per heavy atom. The molecule has 0 aliphatic rings. The van der Waals surface area contributed by atoms with Crippen molar-refractivity contribution in [1.29, 1.82) is 0 Å². The van der Waals surface area contributed by atoms with Crippen molar-refractivity contribution < 1.29 is 23.4 Å². The van der Waals surface area contributed by atoms with E-state index in [1.807, 2.05) is 24.3 Å². The highest BCUT2D eigenvalue weighted by Gasteiger charge is 2.39. The Morgan fingerprint density at radius 2 is 1.61 bits per heavy atom. The fourth-order valence-corrected chi connectivity index (χ4v) is 3.94. The fourth-order valence-electron chi connectivity index (χ4n) is 2.92. The largest absolute Gasteiger partial charge is 0.543 e. The molecular weight excluding hydrogens is 434 g/mol. The van der Waals surface area contributed by atoms with Crippen LogP contribution in [0.4, 0.5) is 0 Å². The van der Waals surface area contributed by atoms with Crippen LogP contribution in [0.15, 0.2) is 36.4 Å². The van der Waals surface area contributed by atoms with Gasteiger partial charge >= 0.3 is 0 Å². The number of amides is 1. The molecule has 0 spiro atoms. The molecule has 0 bridgehead atoms. The second-order valence-electron chi connectivity index (χ2n) is 9.25. The van der Waals surface area contributed by atoms with Gasteiger partial charge in [-0.05, 0) is 48.0 Å². The van der Waals surface area contributed by atoms with Crippen LogP contribution in [0, 0.1) is 11.8 Å². The summed E-state index contributed by atoms with van der Waals surface area (Å²) in [5.74, 6) is 8.44. The summed E-state index contributed by atoms with van der Waals surface area (Å²) < 4.78 is 22.6. The molecule has 0 saturated heterocycles. The smallest absolute Gasteiger partial charge is 0.250 e. The Morgan fingerprint density at radius 3 is 2.09 bits per heavy atom. The van der Waals surface area contributed by atoms with Gasteiger partial charge in [-0.15, -0.1) is 0 Å². The quantitative estimate of drug-likeness (QED) is 0.439. The second-order valence-corrected chi connectivity index (χ2v) is 14.0. The summed E-state index contributed by atoms with van der Waals surface area (Å²) >= 11 is 0. The van der Waals surface area contributed by atoms with Gasteiger partial charge in [0.2, 0.25) is 20.0 Å². The van der Waals surface area contributed by atoms with E-state index >= 15 is 0 Å². The van der Waals surface area contributed by atoms with Crippen molar-refractivity contribution in [2.24, 2.45) is 0 Å². The summed E-state index contributed by atoms with van der Waals surface area (Å²) in [5, 5.41) is 3.00. The van der Waals surface area contributed by atoms with E-state index in [1.165, 1.54) is 6.92 Å². The topological polar surface area (TPSA) is 66.0 Å². The molecule has 1 atom stereocenters. The van der Waals surface area contributed by atoms with Crippen LogP contribution in [0.3, 0.4) is 0 Å². The molecule has 0 unspecified atom stereocenters. The Kier molecular flexibility index (Phi) is 8.45. The zero-order chi connectivity index (χ0) is 24.8. The van der Waals surface area contributed by atoms with Crippen LogP contribution in [0.5, 0.6) is 23.0 Å². The third kappa shape index (κ3) is 6.69. The molecule has 2 aromatic carbocycles. The minimum absolute atomic E-state index is 0.0757. The summed E-state index contributed by atoms with van der Waals surface area (Å²) in [5.41, 5.74) is 1.52. The van der Waals surface area contributed by atoms with Crippen LogP contribution in [0.1, 0.15) is 44.9 Å². The molecule has 1 N–H and O–H groups in total. The van der Waals surface area contributed by atoms with Crippen molar-refractivity contribution >= 4 is 14.2 Å². The van der Waals surface area contributed by atoms with Crippen molar-refractivity contribution in [3.63, 3.8) is 0 Å². The molecule has 0 radical (unpaired) electrons. The van der Waals surface area contributed by atoms with Crippen LogP contribution in [-0.2, 0) is 4.79 Å². The number of ether oxygens (including phenoxy) is 3. The van der Waals surface area contributed by atoms with E-state index in [-0.39, 0.29) is 10.9 Å². The highest BCUT2D eigenvalue weighted by Crippen LogP contribution is 2.39. The van der Waals surface area contributed by atoms with Gasteiger partial charge in [0.05, 0.1) is 21.3 Å². The zero-order valence-corrected chi connectivity index (χ0v) is 22.1. The van der Waals surface area contributed by atoms with E-state index in [4.69, 9.17) is 18.6 Å². The van der Waals surface area contributed by atoms with Crippen LogP contribution in [-0.4, -0.2) is 35.6 Å². The summed E-state index contributed by atoms with van der Waals surface area (Å²) in [6.45, 7) is 12.5. The minimum Gasteiger partial charge on any atom is -0.543 e. The first-order valence-electron chi connectivity index (χ1n) is 10.8. The number of rotatable bonds is 7. The highest BCUT2D eigenvalue weighted by molar-refractivity contribution is 6.74. The summed E-state index contributed by atoms with van der Waals surface area (Å²) in [4.78, 5) is 11.9. The van der Waals surface area contributed by atoms with E-state index in [0.29, 0.717) is 22.8 Å². The monoisotopic (exact) mass is 469 g/mol. The van der Waals surface area contributed by atoms with Gasteiger partial charge in [0.25, 0.3) is 0 Å². The predicted molar refractivity (Wildman–Crippen MR) is 134 cm³/mol. The molecule has 2 aromatic rings. The van der Waals surface area contributed by atoms with Crippen LogP contribution >= 0.6 is 0 Å². The molecule has 0 aliphatic carbocycles. The number of hydrogen-bond acceptors (Lipinski definition) is 5. The van der Waals surface area contributed by atoms with E-state index in [1.54, 1.807) is 33.5 Å². The van der Waals surface area contributed by atoms with Gasteiger partial charge in [0.15, 0.2) is 11.5 Å². The Hall–Kier alpha value is -3.11. The standard InChI is InChI=1S/C26H35NO5Si/c1-18(28)27-22(14-13-19-15-23(29-5)25(31-7)24(16-19)30-6)20-11-10-12-21(17-20)32-33(8,9)26(2,3)4/h10-12,15-17,22H,1-9H3,(H,27,28)/t22-/m0/s1. The maximum absolute atomic E-state index is 11.9. The first-order chi connectivity index (χ1) is 15.4. The van der Waals surface area contributed by atoms with Crippen LogP contribution < -0.4 is 24.0 Å². The van der Waals surface area contributed by atoms with Crippen molar-refractivity contribution in [3.05, 3.63) is 47.5 Å². The maximum Gasteiger partial charge on any atom is 0.250 e. The van der Waals surface area contributed by atoms with Crippen molar-refractivity contribution in [3.8, 4) is 34.8 Å². The van der Waals surface area contributed by atoms with E-state index in [0.717, 1.165) is 11.3 Å². The third-order valence-corrected chi connectivity index (χ3v) is 10.1. The summed E-state index contributed by atoms with van der Waals surface area (Å²) in [6, 6.07) is 10.8. The van der Waals surface area contributed by atoms with Crippen LogP contribution in [0.25, 0.3) is 0 Å². The molecule has 0 aliphatic heterocycles. The van der Waals surface area contributed by atoms with Crippen molar-refractivity contribution in [2.75, 3.05) is 21.3 Å². The molecule has 0 fully saturated rings. The van der Waals surface area contributed by atoms with Gasteiger partial charge in [-0.1, -0.05) is 44.7 Å². The van der Waals surface area contributed by atoms with Crippen molar-refractivity contribution in [2.45, 2.75) is 51.9 Å². The second kappa shape index (κ2) is 10.7. The normalized spacial score (nSPS) is 12.2. The Labute approximate surface area is 198 Å². The summed E-state index contributed by atoms with van der Waals surface area (Å²) in [6.07, 6.45) is 0. The lowest BCUT2D eigenvalue weighted by Crippen LogP contribution is -2.43. The third-order valence-electron chi connectivity index (χ3n) is 5.74. The number of hydrogen-bond donors (Lipinski definition) is 1. The molecule has 33 heavy (non-hydrogen) atoms. The molecule has 7 heteroatoms. The van der Waals surface area contributed by atoms with Gasteiger partial charge in [-0.3, -0.25) is 4.79 Å². The molecule has 0 saturated carbocycles. The maximum atomic E-state index is 11.9. The lowest BCUT2D eigenvalue weighted by molar-refractivity contribution is -0.119. The van der Waals surface area contributed by atoms with Gasteiger partial charge in [-0.25, -0.2) is 0 Å². The van der Waals surface area contributed by atoms with Gasteiger partial charge < -0.3 is 24.0 Å². The average Bonchev–Trinajstić information content (AvgIpc) is 2.74. The SMILES string of the molecule is COc1cc(C#C[C@H](NC(C)=O)c2cccc(O[Si](C)(C)C(C)(C)C)c2)cc(OC)c1OC. The highest BCUT2D eigenvalue weighted by atomic mass is 28.4. The first kappa shape index (κ1) is 26.1. The lowest BCUT2D eigenvalue weighted by atomic mass is 10.1. The van der Waals surface area contributed by atoms with Crippen molar-refractivity contribution in [1.82, 2.24) is 5.32 Å². The number of nitrogens with one attached hydrogen (secondary N) is 1. The molecule has 178 valence electrons. The summed E-state index contributed by atoms with van der Waals surface area (Å²) in [7, 11) is 2.67. The number of carbonyl (C=O) groups excluding carboxylic acids is 1. The Balaban J connectivity index is 2.44. The first-order valence-corrected chi connectivity index (χ1v) is 13.7. The van der Waals surface area contributed by atoms with Gasteiger partial charge in [-0.2, -0.15) is 0 Å². The molecule has 0 heterocycles. The molecule has 2 rings (SSSR count). The molecule has 6 nitrogen and oxygen atoms in total. The predicted octanol–water partition coefficient (Wildman–Crippen LogP) is 5.33. The van der Waals surface area contributed by atoms with Gasteiger partial charge in [0.1, 0.15) is 11.8 Å². The zero-order valence-electron chi connectivity index (χ0n) is 21.1. The molecule has 0 aromatic heterocycles. The number of methoxy groups -OCH3 is 3. The minimum atomic E-state index is -2.00.